The van der Waals surface area contributed by atoms with Crippen LogP contribution in [0.15, 0.2) is 28.8 Å². The third-order valence-electron chi connectivity index (χ3n) is 3.90. The van der Waals surface area contributed by atoms with Crippen molar-refractivity contribution in [1.29, 1.82) is 0 Å². The Hall–Kier alpha value is -2.63. The van der Waals surface area contributed by atoms with Crippen molar-refractivity contribution in [3.8, 4) is 0 Å². The normalized spacial score (nSPS) is 10.5. The summed E-state index contributed by atoms with van der Waals surface area (Å²) < 4.78 is 10.2. The highest BCUT2D eigenvalue weighted by Crippen LogP contribution is 2.22. The lowest BCUT2D eigenvalue weighted by Gasteiger charge is -2.20. The van der Waals surface area contributed by atoms with E-state index < -0.39 is 5.97 Å². The average molecular weight is 330 g/mol. The zero-order chi connectivity index (χ0) is 17.7. The summed E-state index contributed by atoms with van der Waals surface area (Å²) in [6.07, 6.45) is 0.850. The van der Waals surface area contributed by atoms with E-state index in [-0.39, 0.29) is 12.5 Å². The Morgan fingerprint density at radius 3 is 2.58 bits per heavy atom. The Kier molecular flexibility index (Phi) is 5.73. The quantitative estimate of drug-likeness (QED) is 0.761. The van der Waals surface area contributed by atoms with Crippen molar-refractivity contribution >= 4 is 17.6 Å². The molecule has 6 heteroatoms. The SMILES string of the molecule is CCOC(=O)c1ccccc1N(C)C(=O)CCc1c(C)noc1C. The fourth-order valence-corrected chi connectivity index (χ4v) is 2.54. The van der Waals surface area contributed by atoms with Crippen molar-refractivity contribution in [2.75, 3.05) is 18.6 Å². The van der Waals surface area contributed by atoms with Crippen molar-refractivity contribution < 1.29 is 18.8 Å². The van der Waals surface area contributed by atoms with Crippen LogP contribution in [0, 0.1) is 13.8 Å². The van der Waals surface area contributed by atoms with E-state index in [2.05, 4.69) is 5.16 Å². The second-order valence-electron chi connectivity index (χ2n) is 5.49. The number of ether oxygens (including phenoxy) is 1. The van der Waals surface area contributed by atoms with Gasteiger partial charge in [-0.1, -0.05) is 17.3 Å². The molecule has 0 unspecified atom stereocenters. The summed E-state index contributed by atoms with van der Waals surface area (Å²) in [4.78, 5) is 26.1. The summed E-state index contributed by atoms with van der Waals surface area (Å²) in [6, 6.07) is 6.93. The van der Waals surface area contributed by atoms with Crippen LogP contribution < -0.4 is 4.90 Å². The highest BCUT2D eigenvalue weighted by Gasteiger charge is 2.20. The van der Waals surface area contributed by atoms with Crippen LogP contribution in [-0.2, 0) is 16.0 Å². The van der Waals surface area contributed by atoms with E-state index in [1.807, 2.05) is 13.8 Å². The van der Waals surface area contributed by atoms with Gasteiger partial charge in [-0.05, 0) is 39.3 Å². The molecule has 0 aliphatic heterocycles. The summed E-state index contributed by atoms with van der Waals surface area (Å²) >= 11 is 0. The number of benzene rings is 1. The van der Waals surface area contributed by atoms with E-state index in [4.69, 9.17) is 9.26 Å². The van der Waals surface area contributed by atoms with E-state index >= 15 is 0 Å². The number of aryl methyl sites for hydroxylation is 2. The maximum Gasteiger partial charge on any atom is 0.340 e. The van der Waals surface area contributed by atoms with E-state index in [0.717, 1.165) is 17.0 Å². The predicted octanol–water partition coefficient (Wildman–Crippen LogP) is 3.06. The minimum atomic E-state index is -0.432. The lowest BCUT2D eigenvalue weighted by Crippen LogP contribution is -2.28. The fraction of sp³-hybridized carbons (Fsp3) is 0.389. The van der Waals surface area contributed by atoms with Crippen molar-refractivity contribution in [1.82, 2.24) is 5.16 Å². The van der Waals surface area contributed by atoms with Gasteiger partial charge in [0, 0.05) is 19.0 Å². The lowest BCUT2D eigenvalue weighted by atomic mass is 10.1. The second-order valence-corrected chi connectivity index (χ2v) is 5.49. The molecule has 24 heavy (non-hydrogen) atoms. The second kappa shape index (κ2) is 7.77. The standard InChI is InChI=1S/C18H22N2O4/c1-5-23-18(22)15-8-6-7-9-16(15)20(4)17(21)11-10-14-12(2)19-24-13(14)3/h6-9H,5,10-11H2,1-4H3. The third kappa shape index (κ3) is 3.82. The molecular weight excluding hydrogens is 308 g/mol. The Morgan fingerprint density at radius 1 is 1.25 bits per heavy atom. The number of hydrogen-bond acceptors (Lipinski definition) is 5. The highest BCUT2D eigenvalue weighted by molar-refractivity contribution is 6.02. The van der Waals surface area contributed by atoms with Crippen LogP contribution in [0.5, 0.6) is 0 Å². The van der Waals surface area contributed by atoms with E-state index in [1.54, 1.807) is 38.2 Å². The molecular formula is C18H22N2O4. The molecule has 0 aliphatic rings. The minimum Gasteiger partial charge on any atom is -0.462 e. The van der Waals surface area contributed by atoms with Crippen LogP contribution >= 0.6 is 0 Å². The molecule has 0 fully saturated rings. The van der Waals surface area contributed by atoms with Gasteiger partial charge in [-0.15, -0.1) is 0 Å². The first-order valence-electron chi connectivity index (χ1n) is 7.90. The first-order valence-corrected chi connectivity index (χ1v) is 7.90. The van der Waals surface area contributed by atoms with Gasteiger partial charge in [-0.2, -0.15) is 0 Å². The van der Waals surface area contributed by atoms with Gasteiger partial charge >= 0.3 is 5.97 Å². The molecule has 0 aliphatic carbocycles. The molecule has 1 aromatic carbocycles. The molecule has 0 saturated heterocycles. The van der Waals surface area contributed by atoms with Gasteiger partial charge in [0.05, 0.1) is 23.6 Å². The highest BCUT2D eigenvalue weighted by atomic mass is 16.5. The minimum absolute atomic E-state index is 0.0910. The van der Waals surface area contributed by atoms with Crippen LogP contribution in [0.25, 0.3) is 0 Å². The lowest BCUT2D eigenvalue weighted by molar-refractivity contribution is -0.118. The molecule has 0 spiro atoms. The molecule has 0 radical (unpaired) electrons. The van der Waals surface area contributed by atoms with Crippen LogP contribution in [-0.4, -0.2) is 30.7 Å². The van der Waals surface area contributed by atoms with Gasteiger partial charge in [0.15, 0.2) is 0 Å². The van der Waals surface area contributed by atoms with Crippen molar-refractivity contribution in [2.45, 2.75) is 33.6 Å². The van der Waals surface area contributed by atoms with Crippen LogP contribution in [0.1, 0.15) is 40.7 Å². The topological polar surface area (TPSA) is 72.6 Å². The van der Waals surface area contributed by atoms with Gasteiger partial charge in [0.2, 0.25) is 5.91 Å². The number of para-hydroxylation sites is 1. The number of esters is 1. The van der Waals surface area contributed by atoms with Gasteiger partial charge in [0.1, 0.15) is 5.76 Å². The summed E-state index contributed by atoms with van der Waals surface area (Å²) in [5.74, 6) is 0.208. The molecule has 1 aromatic heterocycles. The van der Waals surface area contributed by atoms with Crippen molar-refractivity contribution in [3.63, 3.8) is 0 Å². The van der Waals surface area contributed by atoms with E-state index in [0.29, 0.717) is 24.1 Å². The van der Waals surface area contributed by atoms with E-state index in [9.17, 15) is 9.59 Å². The smallest absolute Gasteiger partial charge is 0.340 e. The molecule has 128 valence electrons. The third-order valence-corrected chi connectivity index (χ3v) is 3.90. The molecule has 2 rings (SSSR count). The largest absolute Gasteiger partial charge is 0.462 e. The summed E-state index contributed by atoms with van der Waals surface area (Å²) in [5.41, 5.74) is 2.68. The predicted molar refractivity (Wildman–Crippen MR) is 90.1 cm³/mol. The van der Waals surface area contributed by atoms with Crippen molar-refractivity contribution in [2.24, 2.45) is 0 Å². The summed E-state index contributed by atoms with van der Waals surface area (Å²) in [5, 5.41) is 3.89. The number of anilines is 1. The van der Waals surface area contributed by atoms with Gasteiger partial charge < -0.3 is 14.2 Å². The number of rotatable bonds is 6. The van der Waals surface area contributed by atoms with Crippen LogP contribution in [0.4, 0.5) is 5.69 Å². The number of carbonyl (C=O) groups excluding carboxylic acids is 2. The van der Waals surface area contributed by atoms with E-state index in [1.165, 1.54) is 4.90 Å². The van der Waals surface area contributed by atoms with Gasteiger partial charge in [0.25, 0.3) is 0 Å². The number of nitrogens with zero attached hydrogens (tertiary/aromatic N) is 2. The molecule has 6 nitrogen and oxygen atoms in total. The molecule has 1 heterocycles. The monoisotopic (exact) mass is 330 g/mol. The Bertz CT molecular complexity index is 717. The maximum atomic E-state index is 12.5. The first-order chi connectivity index (χ1) is 11.5. The average Bonchev–Trinajstić information content (AvgIpc) is 2.90. The molecule has 0 N–H and O–H groups in total. The fourth-order valence-electron chi connectivity index (χ4n) is 2.54. The van der Waals surface area contributed by atoms with Crippen LogP contribution in [0.3, 0.4) is 0 Å². The molecule has 2 aromatic rings. The Morgan fingerprint density at radius 2 is 1.96 bits per heavy atom. The Labute approximate surface area is 141 Å². The molecule has 0 saturated carbocycles. The zero-order valence-electron chi connectivity index (χ0n) is 14.5. The maximum absolute atomic E-state index is 12.5. The summed E-state index contributed by atoms with van der Waals surface area (Å²) in [7, 11) is 1.66. The number of hydrogen-bond donors (Lipinski definition) is 0. The van der Waals surface area contributed by atoms with Gasteiger partial charge in [-0.3, -0.25) is 4.79 Å². The zero-order valence-corrected chi connectivity index (χ0v) is 14.5. The Balaban J connectivity index is 2.12. The first kappa shape index (κ1) is 17.7. The number of aromatic nitrogens is 1. The molecule has 0 atom stereocenters. The molecule has 1 amide bonds. The molecule has 0 bridgehead atoms. The number of amides is 1. The van der Waals surface area contributed by atoms with Gasteiger partial charge in [-0.25, -0.2) is 4.79 Å². The van der Waals surface area contributed by atoms with Crippen LogP contribution in [0.2, 0.25) is 0 Å². The van der Waals surface area contributed by atoms with Crippen molar-refractivity contribution in [3.05, 3.63) is 46.8 Å². The summed E-state index contributed by atoms with van der Waals surface area (Å²) in [6.45, 7) is 5.73. The number of carbonyl (C=O) groups is 2.